The second-order valence-electron chi connectivity index (χ2n) is 11.0. The van der Waals surface area contributed by atoms with Crippen LogP contribution in [0.3, 0.4) is 0 Å². The monoisotopic (exact) mass is 699 g/mol. The number of hydrogen-bond donors (Lipinski definition) is 1. The summed E-state index contributed by atoms with van der Waals surface area (Å²) in [6, 6.07) is 25.9. The molecule has 0 bridgehead atoms. The Bertz CT molecular complexity index is 1770. The molecule has 0 heterocycles. The van der Waals surface area contributed by atoms with E-state index >= 15 is 0 Å². The fraction of sp³-hybridized carbons (Fsp3) is 0.257. The van der Waals surface area contributed by atoms with Gasteiger partial charge in [0.15, 0.2) is 0 Å². The number of rotatable bonds is 13. The molecule has 46 heavy (non-hydrogen) atoms. The predicted molar refractivity (Wildman–Crippen MR) is 186 cm³/mol. The Morgan fingerprint density at radius 3 is 2.11 bits per heavy atom. The molecule has 0 radical (unpaired) electrons. The van der Waals surface area contributed by atoms with Crippen LogP contribution in [0.2, 0.25) is 15.1 Å². The maximum Gasteiger partial charge on any atom is 0.264 e. The number of sulfonamides is 1. The number of amides is 2. The summed E-state index contributed by atoms with van der Waals surface area (Å²) in [6.07, 6.45) is 0.884. The maximum atomic E-state index is 14.6. The van der Waals surface area contributed by atoms with Crippen molar-refractivity contribution < 1.29 is 18.0 Å². The van der Waals surface area contributed by atoms with Crippen molar-refractivity contribution in [1.29, 1.82) is 0 Å². The van der Waals surface area contributed by atoms with Crippen LogP contribution >= 0.6 is 34.8 Å². The Morgan fingerprint density at radius 2 is 1.48 bits per heavy atom. The highest BCUT2D eigenvalue weighted by atomic mass is 35.5. The van der Waals surface area contributed by atoms with Gasteiger partial charge in [-0.05, 0) is 79.4 Å². The number of para-hydroxylation sites is 1. The predicted octanol–water partition coefficient (Wildman–Crippen LogP) is 7.71. The van der Waals surface area contributed by atoms with Crippen LogP contribution in [0.5, 0.6) is 0 Å². The van der Waals surface area contributed by atoms with Crippen molar-refractivity contribution in [2.75, 3.05) is 10.8 Å². The zero-order valence-electron chi connectivity index (χ0n) is 25.8. The molecule has 0 aliphatic rings. The summed E-state index contributed by atoms with van der Waals surface area (Å²) < 4.78 is 29.4. The third kappa shape index (κ3) is 8.82. The molecule has 0 aliphatic heterocycles. The van der Waals surface area contributed by atoms with Crippen molar-refractivity contribution in [2.45, 2.75) is 57.1 Å². The van der Waals surface area contributed by atoms with Crippen LogP contribution in [0.25, 0.3) is 0 Å². The van der Waals surface area contributed by atoms with Crippen molar-refractivity contribution in [3.63, 3.8) is 0 Å². The Balaban J connectivity index is 1.83. The smallest absolute Gasteiger partial charge is 0.264 e. The van der Waals surface area contributed by atoms with E-state index in [0.29, 0.717) is 38.3 Å². The molecule has 11 heteroatoms. The zero-order valence-corrected chi connectivity index (χ0v) is 28.9. The lowest BCUT2D eigenvalue weighted by Crippen LogP contribution is -2.54. The third-order valence-corrected chi connectivity index (χ3v) is 10.4. The van der Waals surface area contributed by atoms with Crippen molar-refractivity contribution in [3.8, 4) is 0 Å². The van der Waals surface area contributed by atoms with Gasteiger partial charge in [-0.15, -0.1) is 0 Å². The molecule has 0 saturated heterocycles. The lowest BCUT2D eigenvalue weighted by atomic mass is 10.0. The minimum Gasteiger partial charge on any atom is -0.352 e. The van der Waals surface area contributed by atoms with Gasteiger partial charge in [0.25, 0.3) is 10.0 Å². The molecule has 4 aromatic carbocycles. The van der Waals surface area contributed by atoms with Gasteiger partial charge in [-0.1, -0.05) is 96.3 Å². The van der Waals surface area contributed by atoms with Crippen LogP contribution in [0.15, 0.2) is 102 Å². The van der Waals surface area contributed by atoms with E-state index in [1.165, 1.54) is 29.2 Å². The zero-order chi connectivity index (χ0) is 33.4. The molecular formula is C35H36Cl3N3O4S. The SMILES string of the molecule is CC[C@@H](C)NC(=O)[C@@H](Cc1ccccc1)N(Cc1ccc(Cl)c(Cl)c1)C(=O)CN(c1ccccc1C)S(=O)(=O)c1ccc(Cl)cc1. The Labute approximate surface area is 286 Å². The average Bonchev–Trinajstić information content (AvgIpc) is 3.04. The number of hydrogen-bond acceptors (Lipinski definition) is 4. The first-order valence-electron chi connectivity index (χ1n) is 14.8. The molecule has 0 aromatic heterocycles. The van der Waals surface area contributed by atoms with Crippen molar-refractivity contribution in [1.82, 2.24) is 10.2 Å². The molecule has 0 saturated carbocycles. The molecule has 0 unspecified atom stereocenters. The van der Waals surface area contributed by atoms with E-state index in [0.717, 1.165) is 9.87 Å². The van der Waals surface area contributed by atoms with Gasteiger partial charge in [0.05, 0.1) is 20.6 Å². The van der Waals surface area contributed by atoms with Gasteiger partial charge >= 0.3 is 0 Å². The Kier molecular flexibility index (Phi) is 12.1. The minimum absolute atomic E-state index is 0.0241. The summed E-state index contributed by atoms with van der Waals surface area (Å²) in [7, 11) is -4.25. The Hall–Kier alpha value is -3.56. The number of nitrogens with one attached hydrogen (secondary N) is 1. The maximum absolute atomic E-state index is 14.6. The summed E-state index contributed by atoms with van der Waals surface area (Å²) in [5, 5.41) is 4.04. The number of halogens is 3. The van der Waals surface area contributed by atoms with Crippen molar-refractivity contribution in [3.05, 3.63) is 129 Å². The van der Waals surface area contributed by atoms with Gasteiger partial charge in [-0.3, -0.25) is 13.9 Å². The molecule has 4 aromatic rings. The molecule has 2 amide bonds. The van der Waals surface area contributed by atoms with Crippen molar-refractivity contribution >= 4 is 62.3 Å². The Morgan fingerprint density at radius 1 is 0.826 bits per heavy atom. The van der Waals surface area contributed by atoms with Crippen LogP contribution in [0, 0.1) is 6.92 Å². The lowest BCUT2D eigenvalue weighted by molar-refractivity contribution is -0.140. The first kappa shape index (κ1) is 35.3. The summed E-state index contributed by atoms with van der Waals surface area (Å²) in [5.41, 5.74) is 2.45. The van der Waals surface area contributed by atoms with Gasteiger partial charge in [-0.25, -0.2) is 8.42 Å². The minimum atomic E-state index is -4.25. The van der Waals surface area contributed by atoms with Crippen LogP contribution in [0.4, 0.5) is 5.69 Å². The van der Waals surface area contributed by atoms with Gasteiger partial charge in [0.2, 0.25) is 11.8 Å². The van der Waals surface area contributed by atoms with E-state index < -0.39 is 28.5 Å². The summed E-state index contributed by atoms with van der Waals surface area (Å²) in [6.45, 7) is 5.02. The highest BCUT2D eigenvalue weighted by Crippen LogP contribution is 2.29. The van der Waals surface area contributed by atoms with Gasteiger partial charge < -0.3 is 10.2 Å². The molecular weight excluding hydrogens is 665 g/mol. The molecule has 242 valence electrons. The summed E-state index contributed by atoms with van der Waals surface area (Å²) in [4.78, 5) is 29.9. The van der Waals surface area contributed by atoms with Gasteiger partial charge in [-0.2, -0.15) is 0 Å². The number of nitrogens with zero attached hydrogens (tertiary/aromatic N) is 2. The lowest BCUT2D eigenvalue weighted by Gasteiger charge is -2.34. The number of aryl methyl sites for hydroxylation is 1. The van der Waals surface area contributed by atoms with E-state index in [1.807, 2.05) is 44.2 Å². The van der Waals surface area contributed by atoms with Crippen LogP contribution in [0.1, 0.15) is 37.0 Å². The normalized spacial score (nSPS) is 12.7. The van der Waals surface area contributed by atoms with E-state index in [9.17, 15) is 18.0 Å². The van der Waals surface area contributed by atoms with E-state index in [4.69, 9.17) is 34.8 Å². The molecule has 2 atom stereocenters. The molecule has 0 aliphatic carbocycles. The standard InChI is InChI=1S/C35H36Cl3N3O4S/c1-4-25(3)39-35(43)33(21-26-11-6-5-7-12-26)40(22-27-14-19-30(37)31(38)20-27)34(42)23-41(32-13-9-8-10-24(32)2)46(44,45)29-17-15-28(36)16-18-29/h5-20,25,33H,4,21-23H2,1-3H3,(H,39,43)/t25-,33-/m1/s1. The third-order valence-electron chi connectivity index (χ3n) is 7.67. The molecule has 0 spiro atoms. The summed E-state index contributed by atoms with van der Waals surface area (Å²) >= 11 is 18.6. The first-order chi connectivity index (χ1) is 21.9. The largest absolute Gasteiger partial charge is 0.352 e. The summed E-state index contributed by atoms with van der Waals surface area (Å²) in [5.74, 6) is -0.929. The second kappa shape index (κ2) is 15.8. The van der Waals surface area contributed by atoms with E-state index in [1.54, 1.807) is 49.4 Å². The fourth-order valence-electron chi connectivity index (χ4n) is 4.92. The topological polar surface area (TPSA) is 86.8 Å². The molecule has 1 N–H and O–H groups in total. The highest BCUT2D eigenvalue weighted by Gasteiger charge is 2.35. The highest BCUT2D eigenvalue weighted by molar-refractivity contribution is 7.92. The van der Waals surface area contributed by atoms with Gasteiger partial charge in [0, 0.05) is 24.0 Å². The van der Waals surface area contributed by atoms with Gasteiger partial charge in [0.1, 0.15) is 12.6 Å². The number of benzene rings is 4. The molecule has 4 rings (SSSR count). The number of anilines is 1. The van der Waals surface area contributed by atoms with E-state index in [-0.39, 0.29) is 29.8 Å². The number of carbonyl (C=O) groups excluding carboxylic acids is 2. The van der Waals surface area contributed by atoms with E-state index in [2.05, 4.69) is 5.32 Å². The van der Waals surface area contributed by atoms with Crippen LogP contribution < -0.4 is 9.62 Å². The van der Waals surface area contributed by atoms with Crippen molar-refractivity contribution in [2.24, 2.45) is 0 Å². The van der Waals surface area contributed by atoms with Crippen LogP contribution in [-0.4, -0.2) is 43.8 Å². The fourth-order valence-corrected chi connectivity index (χ4v) is 6.85. The quantitative estimate of drug-likeness (QED) is 0.155. The second-order valence-corrected chi connectivity index (χ2v) is 14.2. The molecule has 7 nitrogen and oxygen atoms in total. The molecule has 0 fully saturated rings. The van der Waals surface area contributed by atoms with Crippen LogP contribution in [-0.2, 0) is 32.6 Å². The first-order valence-corrected chi connectivity index (χ1v) is 17.4. The average molecular weight is 701 g/mol. The number of carbonyl (C=O) groups is 2.